The first-order valence-electron chi connectivity index (χ1n) is 5.48. The van der Waals surface area contributed by atoms with Crippen molar-refractivity contribution in [3.8, 4) is 0 Å². The maximum Gasteiger partial charge on any atom is 0.272 e. The molecule has 1 aromatic rings. The number of nitro groups is 1. The number of ketones is 1. The third kappa shape index (κ3) is 1.97. The molecule has 1 heterocycles. The van der Waals surface area contributed by atoms with Gasteiger partial charge in [0.2, 0.25) is 5.91 Å². The molecule has 0 spiro atoms. The van der Waals surface area contributed by atoms with Gasteiger partial charge in [0.25, 0.3) is 5.69 Å². The van der Waals surface area contributed by atoms with Crippen LogP contribution in [0.5, 0.6) is 0 Å². The Kier molecular flexibility index (Phi) is 2.86. The summed E-state index contributed by atoms with van der Waals surface area (Å²) in [4.78, 5) is 34.6. The monoisotopic (exact) mass is 248 g/mol. The lowest BCUT2D eigenvalue weighted by Gasteiger charge is -2.18. The van der Waals surface area contributed by atoms with E-state index in [4.69, 9.17) is 0 Å². The zero-order valence-corrected chi connectivity index (χ0v) is 10.1. The van der Waals surface area contributed by atoms with Gasteiger partial charge in [-0.3, -0.25) is 19.7 Å². The fourth-order valence-corrected chi connectivity index (χ4v) is 2.08. The van der Waals surface area contributed by atoms with Crippen molar-refractivity contribution in [3.05, 3.63) is 33.4 Å². The summed E-state index contributed by atoms with van der Waals surface area (Å²) in [6.07, 6.45) is -0.0878. The van der Waals surface area contributed by atoms with Gasteiger partial charge in [-0.1, -0.05) is 0 Å². The zero-order chi connectivity index (χ0) is 13.4. The van der Waals surface area contributed by atoms with E-state index in [1.807, 2.05) is 0 Å². The number of hydrogen-bond acceptors (Lipinski definition) is 4. The first-order valence-corrected chi connectivity index (χ1v) is 5.48. The van der Waals surface area contributed by atoms with Crippen molar-refractivity contribution >= 4 is 23.1 Å². The predicted octanol–water partition coefficient (Wildman–Crippen LogP) is 1.52. The van der Waals surface area contributed by atoms with E-state index in [0.29, 0.717) is 16.8 Å². The van der Waals surface area contributed by atoms with Crippen LogP contribution >= 0.6 is 0 Å². The van der Waals surface area contributed by atoms with Crippen molar-refractivity contribution in [2.75, 3.05) is 11.4 Å². The number of Topliss-reactive ketones (excluding diaryl/α,β-unsaturated/α-hetero) is 1. The van der Waals surface area contributed by atoms with Crippen LogP contribution in [-0.2, 0) is 9.59 Å². The molecule has 0 saturated carbocycles. The minimum atomic E-state index is -0.455. The van der Waals surface area contributed by atoms with Gasteiger partial charge in [-0.15, -0.1) is 0 Å². The van der Waals surface area contributed by atoms with Gasteiger partial charge < -0.3 is 4.90 Å². The summed E-state index contributed by atoms with van der Waals surface area (Å²) in [6, 6.07) is 3.02. The molecule has 0 aliphatic carbocycles. The van der Waals surface area contributed by atoms with Crippen LogP contribution in [0.15, 0.2) is 12.1 Å². The van der Waals surface area contributed by atoms with Crippen LogP contribution in [-0.4, -0.2) is 23.2 Å². The molecule has 1 amide bonds. The van der Waals surface area contributed by atoms with E-state index in [0.717, 1.165) is 0 Å². The maximum absolute atomic E-state index is 11.6. The van der Waals surface area contributed by atoms with Crippen molar-refractivity contribution in [1.29, 1.82) is 0 Å². The third-order valence-corrected chi connectivity index (χ3v) is 2.99. The summed E-state index contributed by atoms with van der Waals surface area (Å²) in [6.45, 7) is 3.36. The Morgan fingerprint density at radius 3 is 2.39 bits per heavy atom. The summed E-state index contributed by atoms with van der Waals surface area (Å²) < 4.78 is 0. The standard InChI is InChI=1S/C12H12N2O4/c1-7-4-11(14(17)18)8(2)3-10(7)13-6-9(15)5-12(13)16/h3-4H,5-6H2,1-2H3. The van der Waals surface area contributed by atoms with Crippen LogP contribution in [0.2, 0.25) is 0 Å². The molecule has 0 radical (unpaired) electrons. The second kappa shape index (κ2) is 4.21. The maximum atomic E-state index is 11.6. The molecule has 1 aromatic carbocycles. The fraction of sp³-hybridized carbons (Fsp3) is 0.333. The molecule has 1 aliphatic heterocycles. The second-order valence-corrected chi connectivity index (χ2v) is 4.38. The number of anilines is 1. The number of hydrogen-bond donors (Lipinski definition) is 0. The first kappa shape index (κ1) is 12.2. The van der Waals surface area contributed by atoms with E-state index in [1.54, 1.807) is 19.9 Å². The Labute approximate surface area is 103 Å². The Hall–Kier alpha value is -2.24. The fourth-order valence-electron chi connectivity index (χ4n) is 2.08. The van der Waals surface area contributed by atoms with Gasteiger partial charge in [0.15, 0.2) is 5.78 Å². The molecule has 18 heavy (non-hydrogen) atoms. The molecule has 1 saturated heterocycles. The normalized spacial score (nSPS) is 15.3. The predicted molar refractivity (Wildman–Crippen MR) is 64.5 cm³/mol. The number of carbonyl (C=O) groups is 2. The van der Waals surface area contributed by atoms with E-state index >= 15 is 0 Å². The van der Waals surface area contributed by atoms with Crippen molar-refractivity contribution < 1.29 is 14.5 Å². The molecule has 0 atom stereocenters. The van der Waals surface area contributed by atoms with Crippen LogP contribution in [0, 0.1) is 24.0 Å². The van der Waals surface area contributed by atoms with Gasteiger partial charge in [0.1, 0.15) is 0 Å². The quantitative estimate of drug-likeness (QED) is 0.451. The van der Waals surface area contributed by atoms with Gasteiger partial charge in [0, 0.05) is 17.3 Å². The Morgan fingerprint density at radius 1 is 1.22 bits per heavy atom. The topological polar surface area (TPSA) is 80.5 Å². The van der Waals surface area contributed by atoms with E-state index in [-0.39, 0.29) is 30.3 Å². The molecular formula is C12H12N2O4. The van der Waals surface area contributed by atoms with Crippen molar-refractivity contribution in [2.45, 2.75) is 20.3 Å². The highest BCUT2D eigenvalue weighted by Gasteiger charge is 2.30. The number of carbonyl (C=O) groups excluding carboxylic acids is 2. The summed E-state index contributed by atoms with van der Waals surface area (Å²) >= 11 is 0. The molecule has 0 aromatic heterocycles. The molecule has 1 aliphatic rings. The Morgan fingerprint density at radius 2 is 1.89 bits per heavy atom. The molecule has 2 rings (SSSR count). The number of aryl methyl sites for hydroxylation is 2. The van der Waals surface area contributed by atoms with E-state index in [1.165, 1.54) is 11.0 Å². The van der Waals surface area contributed by atoms with Gasteiger partial charge in [-0.25, -0.2) is 0 Å². The van der Waals surface area contributed by atoms with E-state index in [2.05, 4.69) is 0 Å². The van der Waals surface area contributed by atoms with Crippen molar-refractivity contribution in [2.24, 2.45) is 0 Å². The molecule has 0 bridgehead atoms. The number of nitrogens with zero attached hydrogens (tertiary/aromatic N) is 2. The highest BCUT2D eigenvalue weighted by Crippen LogP contribution is 2.30. The first-order chi connectivity index (χ1) is 8.40. The lowest BCUT2D eigenvalue weighted by molar-refractivity contribution is -0.385. The third-order valence-electron chi connectivity index (χ3n) is 2.99. The minimum absolute atomic E-state index is 0.0224. The number of amides is 1. The molecule has 1 fully saturated rings. The Balaban J connectivity index is 2.47. The summed E-state index contributed by atoms with van der Waals surface area (Å²) in [5, 5.41) is 10.8. The largest absolute Gasteiger partial charge is 0.304 e. The van der Waals surface area contributed by atoms with Crippen LogP contribution in [0.1, 0.15) is 17.5 Å². The van der Waals surface area contributed by atoms with Gasteiger partial charge in [0.05, 0.1) is 17.9 Å². The van der Waals surface area contributed by atoms with Crippen LogP contribution in [0.25, 0.3) is 0 Å². The smallest absolute Gasteiger partial charge is 0.272 e. The lowest BCUT2D eigenvalue weighted by Crippen LogP contribution is -2.25. The van der Waals surface area contributed by atoms with Crippen molar-refractivity contribution in [1.82, 2.24) is 0 Å². The lowest BCUT2D eigenvalue weighted by atomic mass is 10.1. The highest BCUT2D eigenvalue weighted by atomic mass is 16.6. The number of nitro benzene ring substituents is 1. The van der Waals surface area contributed by atoms with E-state index in [9.17, 15) is 19.7 Å². The van der Waals surface area contributed by atoms with Gasteiger partial charge >= 0.3 is 0 Å². The SMILES string of the molecule is Cc1cc([N+](=O)[O-])c(C)cc1N1CC(=O)CC1=O. The van der Waals surface area contributed by atoms with Crippen LogP contribution < -0.4 is 4.90 Å². The molecule has 0 N–H and O–H groups in total. The van der Waals surface area contributed by atoms with Crippen molar-refractivity contribution in [3.63, 3.8) is 0 Å². The highest BCUT2D eigenvalue weighted by molar-refractivity contribution is 6.15. The zero-order valence-electron chi connectivity index (χ0n) is 10.1. The summed E-state index contributed by atoms with van der Waals surface area (Å²) in [7, 11) is 0. The molecule has 94 valence electrons. The average Bonchev–Trinajstić information content (AvgIpc) is 2.60. The Bertz CT molecular complexity index is 565. The second-order valence-electron chi connectivity index (χ2n) is 4.38. The molecule has 6 heteroatoms. The van der Waals surface area contributed by atoms with Crippen LogP contribution in [0.4, 0.5) is 11.4 Å². The molecule has 0 unspecified atom stereocenters. The van der Waals surface area contributed by atoms with E-state index < -0.39 is 4.92 Å². The summed E-state index contributed by atoms with van der Waals surface area (Å²) in [5.74, 6) is -0.383. The average molecular weight is 248 g/mol. The number of benzene rings is 1. The van der Waals surface area contributed by atoms with Gasteiger partial charge in [-0.05, 0) is 25.5 Å². The number of rotatable bonds is 2. The molecular weight excluding hydrogens is 236 g/mol. The minimum Gasteiger partial charge on any atom is -0.304 e. The van der Waals surface area contributed by atoms with Gasteiger partial charge in [-0.2, -0.15) is 0 Å². The summed E-state index contributed by atoms with van der Waals surface area (Å²) in [5.41, 5.74) is 1.70. The van der Waals surface area contributed by atoms with Crippen LogP contribution in [0.3, 0.4) is 0 Å². The molecule has 6 nitrogen and oxygen atoms in total.